The maximum absolute atomic E-state index is 12.0. The molecule has 1 heterocycles. The fourth-order valence-corrected chi connectivity index (χ4v) is 2.63. The van der Waals surface area contributed by atoms with Crippen molar-refractivity contribution >= 4 is 28.5 Å². The van der Waals surface area contributed by atoms with Crippen LogP contribution in [0.3, 0.4) is 0 Å². The van der Waals surface area contributed by atoms with E-state index in [2.05, 4.69) is 16.9 Å². The van der Waals surface area contributed by atoms with Gasteiger partial charge in [0.25, 0.3) is 5.91 Å². The minimum absolute atomic E-state index is 0.0662. The zero-order chi connectivity index (χ0) is 17.6. The highest BCUT2D eigenvalue weighted by atomic mass is 35.5. The molecule has 0 aliphatic carbocycles. The van der Waals surface area contributed by atoms with Crippen LogP contribution in [0, 0.1) is 0 Å². The number of benzene rings is 2. The van der Waals surface area contributed by atoms with Gasteiger partial charge < -0.3 is 14.6 Å². The summed E-state index contributed by atoms with van der Waals surface area (Å²) >= 11 is 5.81. The summed E-state index contributed by atoms with van der Waals surface area (Å²) in [6, 6.07) is 14.7. The highest BCUT2D eigenvalue weighted by Crippen LogP contribution is 2.17. The van der Waals surface area contributed by atoms with Crippen molar-refractivity contribution in [1.29, 1.82) is 0 Å². The summed E-state index contributed by atoms with van der Waals surface area (Å²) in [7, 11) is 0. The molecule has 0 aliphatic heterocycles. The van der Waals surface area contributed by atoms with Crippen LogP contribution in [0.2, 0.25) is 5.02 Å². The summed E-state index contributed by atoms with van der Waals surface area (Å²) in [5.41, 5.74) is 1.91. The molecule has 1 N–H and O–H groups in total. The molecule has 0 radical (unpaired) electrons. The van der Waals surface area contributed by atoms with Gasteiger partial charge in [-0.15, -0.1) is 6.58 Å². The van der Waals surface area contributed by atoms with Gasteiger partial charge in [0.05, 0.1) is 17.6 Å². The number of rotatable bonds is 7. The topological polar surface area (TPSA) is 56.2 Å². The van der Waals surface area contributed by atoms with E-state index in [1.54, 1.807) is 24.3 Å². The van der Waals surface area contributed by atoms with Crippen molar-refractivity contribution in [1.82, 2.24) is 14.9 Å². The molecule has 5 nitrogen and oxygen atoms in total. The van der Waals surface area contributed by atoms with E-state index < -0.39 is 0 Å². The van der Waals surface area contributed by atoms with E-state index in [9.17, 15) is 4.79 Å². The molecule has 2 aromatic carbocycles. The minimum atomic E-state index is -0.216. The molecule has 0 fully saturated rings. The lowest BCUT2D eigenvalue weighted by Crippen LogP contribution is -2.29. The molecular weight excluding hydrogens is 338 g/mol. The zero-order valence-electron chi connectivity index (χ0n) is 13.6. The Bertz CT molecular complexity index is 887. The molecule has 0 spiro atoms. The summed E-state index contributed by atoms with van der Waals surface area (Å²) in [5, 5.41) is 3.46. The van der Waals surface area contributed by atoms with Gasteiger partial charge in [-0.25, -0.2) is 4.98 Å². The molecule has 0 saturated carbocycles. The zero-order valence-corrected chi connectivity index (χ0v) is 14.4. The first kappa shape index (κ1) is 17.0. The standard InChI is InChI=1S/C19H18ClN3O2/c1-2-11-23-17-6-4-3-5-16(17)22-18(23)12-21-19(24)13-25-15-9-7-14(20)8-10-15/h2-10H,1,11-13H2,(H,21,24). The molecule has 0 bridgehead atoms. The monoisotopic (exact) mass is 355 g/mol. The molecular formula is C19H18ClN3O2. The first-order chi connectivity index (χ1) is 12.2. The van der Waals surface area contributed by atoms with E-state index >= 15 is 0 Å². The van der Waals surface area contributed by atoms with E-state index in [1.165, 1.54) is 0 Å². The van der Waals surface area contributed by atoms with Crippen LogP contribution in [0.4, 0.5) is 0 Å². The third-order valence-corrected chi connectivity index (χ3v) is 3.92. The van der Waals surface area contributed by atoms with Crippen LogP contribution in [-0.2, 0) is 17.9 Å². The number of amides is 1. The van der Waals surface area contributed by atoms with Crippen LogP contribution in [0.25, 0.3) is 11.0 Å². The van der Waals surface area contributed by atoms with Crippen molar-refractivity contribution in [2.75, 3.05) is 6.61 Å². The normalized spacial score (nSPS) is 10.6. The van der Waals surface area contributed by atoms with Crippen molar-refractivity contribution in [2.45, 2.75) is 13.1 Å². The van der Waals surface area contributed by atoms with E-state index in [0.717, 1.165) is 16.9 Å². The smallest absolute Gasteiger partial charge is 0.258 e. The molecule has 25 heavy (non-hydrogen) atoms. The molecule has 128 valence electrons. The number of carbonyl (C=O) groups is 1. The van der Waals surface area contributed by atoms with Crippen LogP contribution in [0.15, 0.2) is 61.2 Å². The number of nitrogens with one attached hydrogen (secondary N) is 1. The number of para-hydroxylation sites is 2. The summed E-state index contributed by atoms with van der Waals surface area (Å²) in [6.45, 7) is 4.67. The van der Waals surface area contributed by atoms with E-state index in [0.29, 0.717) is 23.9 Å². The fraction of sp³-hybridized carbons (Fsp3) is 0.158. The molecule has 3 rings (SSSR count). The van der Waals surface area contributed by atoms with Gasteiger partial charge in [-0.3, -0.25) is 4.79 Å². The number of allylic oxidation sites excluding steroid dienone is 1. The lowest BCUT2D eigenvalue weighted by atomic mass is 10.3. The van der Waals surface area contributed by atoms with Gasteiger partial charge in [0.1, 0.15) is 11.6 Å². The molecule has 0 atom stereocenters. The number of imidazole rings is 1. The van der Waals surface area contributed by atoms with Crippen LogP contribution in [0.1, 0.15) is 5.82 Å². The number of halogens is 1. The molecule has 1 amide bonds. The predicted molar refractivity (Wildman–Crippen MR) is 98.7 cm³/mol. The second kappa shape index (κ2) is 7.85. The Hall–Kier alpha value is -2.79. The third-order valence-electron chi connectivity index (χ3n) is 3.67. The van der Waals surface area contributed by atoms with Gasteiger partial charge in [-0.2, -0.15) is 0 Å². The first-order valence-corrected chi connectivity index (χ1v) is 8.25. The Morgan fingerprint density at radius 3 is 2.76 bits per heavy atom. The van der Waals surface area contributed by atoms with E-state index in [4.69, 9.17) is 16.3 Å². The van der Waals surface area contributed by atoms with Gasteiger partial charge in [0.2, 0.25) is 0 Å². The number of carbonyl (C=O) groups excluding carboxylic acids is 1. The second-order valence-corrected chi connectivity index (χ2v) is 5.87. The summed E-state index contributed by atoms with van der Waals surface area (Å²) in [5.74, 6) is 1.16. The maximum atomic E-state index is 12.0. The van der Waals surface area contributed by atoms with Gasteiger partial charge in [-0.1, -0.05) is 29.8 Å². The second-order valence-electron chi connectivity index (χ2n) is 5.44. The Labute approximate surface area is 150 Å². The number of hydrogen-bond donors (Lipinski definition) is 1. The lowest BCUT2D eigenvalue weighted by molar-refractivity contribution is -0.123. The Balaban J connectivity index is 1.61. The van der Waals surface area contributed by atoms with Crippen molar-refractivity contribution in [3.63, 3.8) is 0 Å². The number of fused-ring (bicyclic) bond motifs is 1. The van der Waals surface area contributed by atoms with Gasteiger partial charge in [0.15, 0.2) is 6.61 Å². The minimum Gasteiger partial charge on any atom is -0.484 e. The highest BCUT2D eigenvalue weighted by molar-refractivity contribution is 6.30. The number of hydrogen-bond acceptors (Lipinski definition) is 3. The SMILES string of the molecule is C=CCn1c(CNC(=O)COc2ccc(Cl)cc2)nc2ccccc21. The highest BCUT2D eigenvalue weighted by Gasteiger charge is 2.11. The molecule has 3 aromatic rings. The maximum Gasteiger partial charge on any atom is 0.258 e. The average Bonchev–Trinajstić information content (AvgIpc) is 2.98. The van der Waals surface area contributed by atoms with Crippen molar-refractivity contribution in [3.05, 3.63) is 72.0 Å². The van der Waals surface area contributed by atoms with Crippen LogP contribution in [-0.4, -0.2) is 22.1 Å². The molecule has 6 heteroatoms. The van der Waals surface area contributed by atoms with Crippen molar-refractivity contribution in [2.24, 2.45) is 0 Å². The Morgan fingerprint density at radius 1 is 1.24 bits per heavy atom. The van der Waals surface area contributed by atoms with E-state index in [-0.39, 0.29) is 12.5 Å². The van der Waals surface area contributed by atoms with Gasteiger partial charge in [0, 0.05) is 11.6 Å². The van der Waals surface area contributed by atoms with Gasteiger partial charge >= 0.3 is 0 Å². The Morgan fingerprint density at radius 2 is 2.00 bits per heavy atom. The fourth-order valence-electron chi connectivity index (χ4n) is 2.50. The molecule has 0 aliphatic rings. The van der Waals surface area contributed by atoms with Gasteiger partial charge in [-0.05, 0) is 36.4 Å². The summed E-state index contributed by atoms with van der Waals surface area (Å²) in [6.07, 6.45) is 1.81. The molecule has 0 unspecified atom stereocenters. The number of aromatic nitrogens is 2. The Kier molecular flexibility index (Phi) is 5.36. The molecule has 1 aromatic heterocycles. The van der Waals surface area contributed by atoms with Crippen LogP contribution in [0.5, 0.6) is 5.75 Å². The predicted octanol–water partition coefficient (Wildman–Crippen LogP) is 3.57. The molecule has 0 saturated heterocycles. The number of nitrogens with zero attached hydrogens (tertiary/aromatic N) is 2. The number of ether oxygens (including phenoxy) is 1. The van der Waals surface area contributed by atoms with Crippen LogP contribution >= 0.6 is 11.6 Å². The van der Waals surface area contributed by atoms with Crippen molar-refractivity contribution in [3.8, 4) is 5.75 Å². The average molecular weight is 356 g/mol. The summed E-state index contributed by atoms with van der Waals surface area (Å²) < 4.78 is 7.46. The van der Waals surface area contributed by atoms with Crippen LogP contribution < -0.4 is 10.1 Å². The summed E-state index contributed by atoms with van der Waals surface area (Å²) in [4.78, 5) is 16.6. The third kappa shape index (κ3) is 4.19. The largest absolute Gasteiger partial charge is 0.484 e. The first-order valence-electron chi connectivity index (χ1n) is 7.87. The van der Waals surface area contributed by atoms with Crippen molar-refractivity contribution < 1.29 is 9.53 Å². The quantitative estimate of drug-likeness (QED) is 0.659. The lowest BCUT2D eigenvalue weighted by Gasteiger charge is -2.09. The van der Waals surface area contributed by atoms with E-state index in [1.807, 2.05) is 34.9 Å².